The molecule has 2 atom stereocenters. The van der Waals surface area contributed by atoms with Gasteiger partial charge in [0.15, 0.2) is 6.10 Å². The van der Waals surface area contributed by atoms with E-state index in [1.165, 1.54) is 28.4 Å². The molecule has 1 aliphatic heterocycles. The van der Waals surface area contributed by atoms with E-state index >= 15 is 0 Å². The predicted molar refractivity (Wildman–Crippen MR) is 92.1 cm³/mol. The van der Waals surface area contributed by atoms with Gasteiger partial charge in [-0.2, -0.15) is 0 Å². The number of carboxylic acid groups (broad SMARTS) is 1. The minimum absolute atomic E-state index is 0.0244. The van der Waals surface area contributed by atoms with Crippen molar-refractivity contribution in [1.29, 1.82) is 0 Å². The van der Waals surface area contributed by atoms with E-state index in [-0.39, 0.29) is 36.5 Å². The van der Waals surface area contributed by atoms with Gasteiger partial charge in [0, 0.05) is 29.6 Å². The number of hydrogen-bond donors (Lipinski definition) is 1. The summed E-state index contributed by atoms with van der Waals surface area (Å²) in [6.45, 7) is 1.95. The van der Waals surface area contributed by atoms with Crippen molar-refractivity contribution in [2.75, 3.05) is 13.1 Å². The molecule has 1 N–H and O–H groups in total. The summed E-state index contributed by atoms with van der Waals surface area (Å²) in [5.74, 6) is -1.48. The molecule has 1 amide bonds. The van der Waals surface area contributed by atoms with Crippen molar-refractivity contribution in [3.63, 3.8) is 0 Å². The topological polar surface area (TPSA) is 123 Å². The van der Waals surface area contributed by atoms with Crippen LogP contribution in [0.1, 0.15) is 17.4 Å². The lowest BCUT2D eigenvalue weighted by Crippen LogP contribution is -2.51. The molecule has 1 aromatic heterocycles. The Bertz CT molecular complexity index is 850. The first-order valence-electron chi connectivity index (χ1n) is 7.73. The number of nitrogens with zero attached hydrogens (tertiary/aromatic N) is 3. The quantitative estimate of drug-likeness (QED) is 0.639. The van der Waals surface area contributed by atoms with Gasteiger partial charge in [-0.05, 0) is 19.1 Å². The summed E-state index contributed by atoms with van der Waals surface area (Å²) < 4.78 is 5.30. The van der Waals surface area contributed by atoms with Gasteiger partial charge < -0.3 is 14.7 Å². The predicted octanol–water partition coefficient (Wildman–Crippen LogP) is 2.03. The zero-order chi connectivity index (χ0) is 18.8. The average Bonchev–Trinajstić information content (AvgIpc) is 3.10. The molecule has 0 radical (unpaired) electrons. The number of non-ortho nitro benzene ring substituents is 1. The third-order valence-corrected chi connectivity index (χ3v) is 4.76. The molecule has 1 saturated heterocycles. The van der Waals surface area contributed by atoms with Gasteiger partial charge in [0.05, 0.1) is 17.6 Å². The van der Waals surface area contributed by atoms with Gasteiger partial charge in [-0.25, -0.2) is 9.78 Å². The van der Waals surface area contributed by atoms with E-state index in [2.05, 4.69) is 4.98 Å². The summed E-state index contributed by atoms with van der Waals surface area (Å²) in [5, 5.41) is 22.0. The zero-order valence-electron chi connectivity index (χ0n) is 13.7. The van der Waals surface area contributed by atoms with Crippen molar-refractivity contribution in [1.82, 2.24) is 9.88 Å². The first-order chi connectivity index (χ1) is 12.3. The molecular formula is C16H15N3O6S. The molecule has 1 aliphatic rings. The number of nitro benzene ring substituents is 1. The average molecular weight is 377 g/mol. The number of carbonyl (C=O) groups is 2. The number of carbonyl (C=O) groups excluding carboxylic acids is 1. The Balaban J connectivity index is 1.77. The highest BCUT2D eigenvalue weighted by Gasteiger charge is 2.33. The van der Waals surface area contributed by atoms with Crippen LogP contribution in [0.5, 0.6) is 0 Å². The number of rotatable bonds is 4. The van der Waals surface area contributed by atoms with Crippen molar-refractivity contribution in [3.8, 4) is 10.6 Å². The lowest BCUT2D eigenvalue weighted by Gasteiger charge is -2.34. The normalized spacial score (nSPS) is 20.0. The number of morpholine rings is 1. The number of nitro groups is 1. The van der Waals surface area contributed by atoms with Gasteiger partial charge in [0.25, 0.3) is 11.6 Å². The summed E-state index contributed by atoms with van der Waals surface area (Å²) >= 11 is 1.24. The molecule has 2 aromatic rings. The second-order valence-electron chi connectivity index (χ2n) is 5.83. The monoisotopic (exact) mass is 377 g/mol. The number of carboxylic acids is 1. The van der Waals surface area contributed by atoms with E-state index in [0.717, 1.165) is 0 Å². The number of benzene rings is 1. The van der Waals surface area contributed by atoms with Crippen LogP contribution in [-0.4, -0.2) is 57.1 Å². The molecular weight excluding hydrogens is 362 g/mol. The van der Waals surface area contributed by atoms with Crippen molar-refractivity contribution in [3.05, 3.63) is 45.5 Å². The highest BCUT2D eigenvalue weighted by Crippen LogP contribution is 2.26. The maximum absolute atomic E-state index is 12.6. The summed E-state index contributed by atoms with van der Waals surface area (Å²) in [6.07, 6.45) is -1.45. The van der Waals surface area contributed by atoms with E-state index in [0.29, 0.717) is 10.6 Å². The number of ether oxygens (including phenoxy) is 1. The van der Waals surface area contributed by atoms with Crippen molar-refractivity contribution < 1.29 is 24.4 Å². The van der Waals surface area contributed by atoms with E-state index in [9.17, 15) is 19.7 Å². The van der Waals surface area contributed by atoms with Gasteiger partial charge in [-0.15, -0.1) is 11.3 Å². The Morgan fingerprint density at radius 3 is 2.65 bits per heavy atom. The molecule has 0 spiro atoms. The summed E-state index contributed by atoms with van der Waals surface area (Å²) in [7, 11) is 0. The summed E-state index contributed by atoms with van der Waals surface area (Å²) in [5.41, 5.74) is 0.851. The van der Waals surface area contributed by atoms with Crippen molar-refractivity contribution in [2.24, 2.45) is 0 Å². The fourth-order valence-corrected chi connectivity index (χ4v) is 3.45. The van der Waals surface area contributed by atoms with Gasteiger partial charge in [-0.3, -0.25) is 14.9 Å². The van der Waals surface area contributed by atoms with Gasteiger partial charge in [-0.1, -0.05) is 0 Å². The largest absolute Gasteiger partial charge is 0.479 e. The Hall–Kier alpha value is -2.85. The summed E-state index contributed by atoms with van der Waals surface area (Å²) in [4.78, 5) is 39.7. The second kappa shape index (κ2) is 7.18. The molecule has 0 saturated carbocycles. The molecule has 2 heterocycles. The molecule has 136 valence electrons. The van der Waals surface area contributed by atoms with Crippen LogP contribution in [0.2, 0.25) is 0 Å². The van der Waals surface area contributed by atoms with Gasteiger partial charge >= 0.3 is 5.97 Å². The number of aliphatic carboxylic acids is 1. The SMILES string of the molecule is C[C@@H]1CN(C(=O)c2csc(-c3ccc([N+](=O)[O-])cc3)n2)CC(C(=O)O)O1. The lowest BCUT2D eigenvalue weighted by atomic mass is 10.2. The lowest BCUT2D eigenvalue weighted by molar-refractivity contribution is -0.384. The number of hydrogen-bond acceptors (Lipinski definition) is 7. The standard InChI is InChI=1S/C16H15N3O6S/c1-9-6-18(7-13(25-9)16(21)22)15(20)12-8-26-14(17-12)10-2-4-11(5-3-10)19(23)24/h2-5,8-9,13H,6-7H2,1H3,(H,21,22)/t9-,13?/m1/s1. The third kappa shape index (κ3) is 3.70. The van der Waals surface area contributed by atoms with Crippen LogP contribution >= 0.6 is 11.3 Å². The molecule has 9 nitrogen and oxygen atoms in total. The van der Waals surface area contributed by atoms with E-state index in [1.807, 2.05) is 0 Å². The number of amides is 1. The minimum Gasteiger partial charge on any atom is -0.479 e. The first-order valence-corrected chi connectivity index (χ1v) is 8.61. The van der Waals surface area contributed by atoms with E-state index in [1.54, 1.807) is 24.4 Å². The van der Waals surface area contributed by atoms with E-state index < -0.39 is 17.0 Å². The summed E-state index contributed by atoms with van der Waals surface area (Å²) in [6, 6.07) is 5.89. The van der Waals surface area contributed by atoms with Crippen LogP contribution in [0.4, 0.5) is 5.69 Å². The number of aromatic nitrogens is 1. The molecule has 1 unspecified atom stereocenters. The van der Waals surface area contributed by atoms with Crippen LogP contribution in [0, 0.1) is 10.1 Å². The fourth-order valence-electron chi connectivity index (χ4n) is 2.65. The van der Waals surface area contributed by atoms with Crippen molar-refractivity contribution >= 4 is 28.9 Å². The van der Waals surface area contributed by atoms with Crippen LogP contribution in [0.3, 0.4) is 0 Å². The van der Waals surface area contributed by atoms with E-state index in [4.69, 9.17) is 9.84 Å². The Morgan fingerprint density at radius 1 is 1.35 bits per heavy atom. The van der Waals surface area contributed by atoms with Crippen LogP contribution in [-0.2, 0) is 9.53 Å². The fraction of sp³-hybridized carbons (Fsp3) is 0.312. The Labute approximate surface area is 152 Å². The molecule has 10 heteroatoms. The van der Waals surface area contributed by atoms with Crippen LogP contribution in [0.15, 0.2) is 29.6 Å². The highest BCUT2D eigenvalue weighted by atomic mass is 32.1. The molecule has 26 heavy (non-hydrogen) atoms. The molecule has 0 bridgehead atoms. The third-order valence-electron chi connectivity index (χ3n) is 3.87. The Kier molecular flexibility index (Phi) is 4.96. The first kappa shape index (κ1) is 18.0. The van der Waals surface area contributed by atoms with Crippen LogP contribution in [0.25, 0.3) is 10.6 Å². The smallest absolute Gasteiger partial charge is 0.334 e. The molecule has 1 fully saturated rings. The second-order valence-corrected chi connectivity index (χ2v) is 6.68. The minimum atomic E-state index is -1.11. The van der Waals surface area contributed by atoms with Gasteiger partial charge in [0.2, 0.25) is 0 Å². The van der Waals surface area contributed by atoms with Gasteiger partial charge in [0.1, 0.15) is 10.7 Å². The number of thiazole rings is 1. The maximum atomic E-state index is 12.6. The molecule has 0 aliphatic carbocycles. The van der Waals surface area contributed by atoms with Crippen LogP contribution < -0.4 is 0 Å². The Morgan fingerprint density at radius 2 is 2.04 bits per heavy atom. The molecule has 1 aromatic carbocycles. The highest BCUT2D eigenvalue weighted by molar-refractivity contribution is 7.13. The maximum Gasteiger partial charge on any atom is 0.334 e. The van der Waals surface area contributed by atoms with Crippen molar-refractivity contribution in [2.45, 2.75) is 19.1 Å². The zero-order valence-corrected chi connectivity index (χ0v) is 14.5. The molecule has 3 rings (SSSR count).